The van der Waals surface area contributed by atoms with E-state index in [9.17, 15) is 4.79 Å². The first-order chi connectivity index (χ1) is 9.24. The van der Waals surface area contributed by atoms with Crippen LogP contribution in [0.4, 0.5) is 0 Å². The Hall–Kier alpha value is -1.55. The summed E-state index contributed by atoms with van der Waals surface area (Å²) in [6, 6.07) is 4.19. The summed E-state index contributed by atoms with van der Waals surface area (Å²) in [5, 5.41) is 0. The van der Waals surface area contributed by atoms with Gasteiger partial charge in [-0.15, -0.1) is 6.58 Å². The molecule has 4 heteroatoms. The number of nitrogens with one attached hydrogen (secondary N) is 1. The van der Waals surface area contributed by atoms with Gasteiger partial charge in [0.1, 0.15) is 6.10 Å². The molecule has 1 amide bonds. The lowest BCUT2D eigenvalue weighted by Crippen LogP contribution is -2.38. The average Bonchev–Trinajstić information content (AvgIpc) is 3.08. The Morgan fingerprint density at radius 2 is 2.58 bits per heavy atom. The van der Waals surface area contributed by atoms with E-state index in [1.54, 1.807) is 6.08 Å². The van der Waals surface area contributed by atoms with Crippen molar-refractivity contribution < 1.29 is 9.53 Å². The minimum absolute atomic E-state index is 0.0844. The molecule has 0 spiro atoms. The van der Waals surface area contributed by atoms with Crippen LogP contribution in [-0.2, 0) is 9.53 Å². The van der Waals surface area contributed by atoms with Crippen molar-refractivity contribution in [3.8, 4) is 0 Å². The smallest absolute Gasteiger partial charge is 0.251 e. The van der Waals surface area contributed by atoms with E-state index < -0.39 is 0 Å². The Bertz CT molecular complexity index is 414. The van der Waals surface area contributed by atoms with Crippen LogP contribution in [0.1, 0.15) is 37.9 Å². The van der Waals surface area contributed by atoms with Crippen LogP contribution >= 0.6 is 0 Å². The molecule has 1 aliphatic heterocycles. The van der Waals surface area contributed by atoms with Crippen LogP contribution in [0, 0.1) is 0 Å². The van der Waals surface area contributed by atoms with Gasteiger partial charge in [-0.2, -0.15) is 0 Å². The predicted octanol–water partition coefficient (Wildman–Crippen LogP) is 2.66. The van der Waals surface area contributed by atoms with Gasteiger partial charge in [-0.05, 0) is 38.3 Å². The lowest BCUT2D eigenvalue weighted by Gasteiger charge is -2.27. The van der Waals surface area contributed by atoms with Crippen molar-refractivity contribution in [3.05, 3.63) is 36.7 Å². The monoisotopic (exact) mass is 262 g/mol. The van der Waals surface area contributed by atoms with Gasteiger partial charge < -0.3 is 14.6 Å². The first-order valence-electron chi connectivity index (χ1n) is 6.90. The van der Waals surface area contributed by atoms with Gasteiger partial charge in [0.25, 0.3) is 5.91 Å². The zero-order chi connectivity index (χ0) is 13.7. The summed E-state index contributed by atoms with van der Waals surface area (Å²) in [7, 11) is 0. The summed E-state index contributed by atoms with van der Waals surface area (Å²) in [6.45, 7) is 6.85. The summed E-state index contributed by atoms with van der Waals surface area (Å²) >= 11 is 0. The number of hydrogen-bond acceptors (Lipinski definition) is 2. The second-order valence-electron chi connectivity index (χ2n) is 4.91. The minimum atomic E-state index is -0.379. The number of nitrogens with zero attached hydrogens (tertiary/aromatic N) is 1. The molecule has 1 aliphatic rings. The van der Waals surface area contributed by atoms with Gasteiger partial charge in [-0.1, -0.05) is 6.08 Å². The molecule has 2 rings (SSSR count). The van der Waals surface area contributed by atoms with Crippen LogP contribution in [0.25, 0.3) is 0 Å². The quantitative estimate of drug-likeness (QED) is 0.633. The molecule has 1 N–H and O–H groups in total. The Morgan fingerprint density at radius 1 is 1.74 bits per heavy atom. The third-order valence-electron chi connectivity index (χ3n) is 3.55. The summed E-state index contributed by atoms with van der Waals surface area (Å²) in [6.07, 6.45) is 6.17. The lowest BCUT2D eigenvalue weighted by molar-refractivity contribution is -0.143. The van der Waals surface area contributed by atoms with E-state index in [1.807, 2.05) is 30.2 Å². The number of carbonyl (C=O) groups is 1. The fourth-order valence-corrected chi connectivity index (χ4v) is 2.54. The van der Waals surface area contributed by atoms with Crippen molar-refractivity contribution in [1.82, 2.24) is 9.88 Å². The fourth-order valence-electron chi connectivity index (χ4n) is 2.54. The highest BCUT2D eigenvalue weighted by Gasteiger charge is 2.33. The van der Waals surface area contributed by atoms with Crippen LogP contribution in [0.2, 0.25) is 0 Å². The van der Waals surface area contributed by atoms with Crippen LogP contribution < -0.4 is 0 Å². The van der Waals surface area contributed by atoms with E-state index in [0.717, 1.165) is 31.5 Å². The maximum Gasteiger partial charge on any atom is 0.251 e. The molecular formula is C15H22N2O2. The molecular weight excluding hydrogens is 240 g/mol. The number of aromatic amines is 1. The van der Waals surface area contributed by atoms with Crippen molar-refractivity contribution in [1.29, 1.82) is 0 Å². The van der Waals surface area contributed by atoms with E-state index in [4.69, 9.17) is 4.74 Å². The largest absolute Gasteiger partial charge is 0.368 e. The molecule has 2 unspecified atom stereocenters. The van der Waals surface area contributed by atoms with E-state index in [0.29, 0.717) is 6.61 Å². The Balaban J connectivity index is 1.95. The molecule has 1 aromatic rings. The zero-order valence-corrected chi connectivity index (χ0v) is 11.5. The molecule has 4 nitrogen and oxygen atoms in total. The van der Waals surface area contributed by atoms with Crippen LogP contribution in [0.3, 0.4) is 0 Å². The number of likely N-dealkylation sites (tertiary alicyclic amines) is 1. The van der Waals surface area contributed by atoms with Gasteiger partial charge in [-0.3, -0.25) is 4.79 Å². The van der Waals surface area contributed by atoms with Crippen molar-refractivity contribution >= 4 is 5.91 Å². The molecule has 0 aliphatic carbocycles. The van der Waals surface area contributed by atoms with E-state index in [1.165, 1.54) is 0 Å². The first kappa shape index (κ1) is 13.9. The number of rotatable bonds is 6. The normalized spacial score (nSPS) is 20.5. The van der Waals surface area contributed by atoms with Crippen LogP contribution in [0.15, 0.2) is 31.0 Å². The number of amides is 1. The third kappa shape index (κ3) is 3.26. The lowest BCUT2D eigenvalue weighted by atomic mass is 10.1. The topological polar surface area (TPSA) is 45.3 Å². The molecule has 2 heterocycles. The standard InChI is InChI=1S/C15H22N2O2/c1-3-4-11-19-12(2)15(18)17-10-6-8-14(17)13-7-5-9-16-13/h3,5,7,9,12,14,16H,1,4,6,8,10-11H2,2H3. The molecule has 0 saturated carbocycles. The highest BCUT2D eigenvalue weighted by Crippen LogP contribution is 2.31. The van der Waals surface area contributed by atoms with E-state index >= 15 is 0 Å². The SMILES string of the molecule is C=CCCOC(C)C(=O)N1CCCC1c1ccc[nH]1. The highest BCUT2D eigenvalue weighted by molar-refractivity contribution is 5.81. The van der Waals surface area contributed by atoms with Gasteiger partial charge in [0.15, 0.2) is 0 Å². The summed E-state index contributed by atoms with van der Waals surface area (Å²) < 4.78 is 5.55. The van der Waals surface area contributed by atoms with E-state index in [2.05, 4.69) is 11.6 Å². The zero-order valence-electron chi connectivity index (χ0n) is 11.5. The van der Waals surface area contributed by atoms with Gasteiger partial charge in [0.2, 0.25) is 0 Å². The molecule has 104 valence electrons. The molecule has 0 aromatic carbocycles. The number of carbonyl (C=O) groups excluding carboxylic acids is 1. The second-order valence-corrected chi connectivity index (χ2v) is 4.91. The number of aromatic nitrogens is 1. The Morgan fingerprint density at radius 3 is 3.26 bits per heavy atom. The van der Waals surface area contributed by atoms with Crippen molar-refractivity contribution in [2.45, 2.75) is 38.3 Å². The number of H-pyrrole nitrogens is 1. The van der Waals surface area contributed by atoms with Gasteiger partial charge >= 0.3 is 0 Å². The number of ether oxygens (including phenoxy) is 1. The molecule has 1 saturated heterocycles. The van der Waals surface area contributed by atoms with Gasteiger partial charge in [0.05, 0.1) is 12.6 Å². The Labute approximate surface area is 114 Å². The molecule has 2 atom stereocenters. The Kier molecular flexibility index (Phi) is 4.80. The molecule has 1 aromatic heterocycles. The van der Waals surface area contributed by atoms with E-state index in [-0.39, 0.29) is 18.1 Å². The molecule has 1 fully saturated rings. The maximum atomic E-state index is 12.4. The molecule has 19 heavy (non-hydrogen) atoms. The predicted molar refractivity (Wildman–Crippen MR) is 74.7 cm³/mol. The summed E-state index contributed by atoms with van der Waals surface area (Å²) in [4.78, 5) is 17.5. The van der Waals surface area contributed by atoms with Crippen molar-refractivity contribution in [2.75, 3.05) is 13.2 Å². The summed E-state index contributed by atoms with van der Waals surface area (Å²) in [5.41, 5.74) is 1.11. The second kappa shape index (κ2) is 6.57. The highest BCUT2D eigenvalue weighted by atomic mass is 16.5. The van der Waals surface area contributed by atoms with Gasteiger partial charge in [0, 0.05) is 18.4 Å². The van der Waals surface area contributed by atoms with Crippen LogP contribution in [0.5, 0.6) is 0 Å². The molecule has 0 bridgehead atoms. The average molecular weight is 262 g/mol. The van der Waals surface area contributed by atoms with Crippen LogP contribution in [-0.4, -0.2) is 35.0 Å². The first-order valence-corrected chi connectivity index (χ1v) is 6.90. The van der Waals surface area contributed by atoms with Crippen molar-refractivity contribution in [2.24, 2.45) is 0 Å². The number of hydrogen-bond donors (Lipinski definition) is 1. The third-order valence-corrected chi connectivity index (χ3v) is 3.55. The fraction of sp³-hybridized carbons (Fsp3) is 0.533. The van der Waals surface area contributed by atoms with Crippen molar-refractivity contribution in [3.63, 3.8) is 0 Å². The maximum absolute atomic E-state index is 12.4. The molecule has 0 radical (unpaired) electrons. The minimum Gasteiger partial charge on any atom is -0.368 e. The summed E-state index contributed by atoms with van der Waals surface area (Å²) in [5.74, 6) is 0.0844. The van der Waals surface area contributed by atoms with Gasteiger partial charge in [-0.25, -0.2) is 0 Å².